The number of hydrogen-bond donors (Lipinski definition) is 0. The number of likely N-dealkylation sites (tertiary alicyclic amines) is 2. The van der Waals surface area contributed by atoms with Crippen LogP contribution in [0.5, 0.6) is 0 Å². The lowest BCUT2D eigenvalue weighted by Gasteiger charge is -2.38. The van der Waals surface area contributed by atoms with Crippen LogP contribution in [0.15, 0.2) is 24.3 Å². The minimum absolute atomic E-state index is 0.108. The molecular weight excluding hydrogens is 314 g/mol. The van der Waals surface area contributed by atoms with Gasteiger partial charge in [0.2, 0.25) is 11.8 Å². The molecule has 2 heterocycles. The van der Waals surface area contributed by atoms with Crippen molar-refractivity contribution in [2.45, 2.75) is 32.6 Å². The Morgan fingerprint density at radius 1 is 1.16 bits per heavy atom. The fourth-order valence-electron chi connectivity index (χ4n) is 4.03. The number of carbonyl (C=O) groups excluding carboxylic acids is 2. The van der Waals surface area contributed by atoms with Crippen molar-refractivity contribution in [3.05, 3.63) is 29.8 Å². The fraction of sp³-hybridized carbons (Fsp3) is 0.600. The summed E-state index contributed by atoms with van der Waals surface area (Å²) in [4.78, 5) is 30.7. The Bertz CT molecular complexity index is 631. The minimum atomic E-state index is 0.108. The normalized spacial score (nSPS) is 19.6. The second kappa shape index (κ2) is 7.06. The zero-order valence-electron chi connectivity index (χ0n) is 15.6. The predicted octanol–water partition coefficient (Wildman–Crippen LogP) is 2.16. The van der Waals surface area contributed by atoms with Gasteiger partial charge in [-0.05, 0) is 37.5 Å². The second-order valence-electron chi connectivity index (χ2n) is 7.70. The number of benzene rings is 1. The summed E-state index contributed by atoms with van der Waals surface area (Å²) < 4.78 is 0. The van der Waals surface area contributed by atoms with Crippen molar-refractivity contribution in [2.75, 3.05) is 45.2 Å². The Balaban J connectivity index is 1.54. The molecule has 5 nitrogen and oxygen atoms in total. The van der Waals surface area contributed by atoms with Gasteiger partial charge in [0, 0.05) is 57.8 Å². The van der Waals surface area contributed by atoms with E-state index in [0.717, 1.165) is 50.3 Å². The number of rotatable bonds is 4. The van der Waals surface area contributed by atoms with Crippen LogP contribution in [0.3, 0.4) is 0 Å². The summed E-state index contributed by atoms with van der Waals surface area (Å²) in [5, 5.41) is 0. The van der Waals surface area contributed by atoms with Gasteiger partial charge in [-0.3, -0.25) is 9.59 Å². The molecule has 0 radical (unpaired) electrons. The molecule has 2 fully saturated rings. The lowest BCUT2D eigenvalue weighted by atomic mass is 9.77. The highest BCUT2D eigenvalue weighted by Gasteiger charge is 2.44. The van der Waals surface area contributed by atoms with E-state index in [9.17, 15) is 9.59 Å². The topological polar surface area (TPSA) is 43.9 Å². The highest BCUT2D eigenvalue weighted by Crippen LogP contribution is 2.40. The summed E-state index contributed by atoms with van der Waals surface area (Å²) in [5.74, 6) is 0.479. The average molecular weight is 343 g/mol. The van der Waals surface area contributed by atoms with Gasteiger partial charge in [0.1, 0.15) is 0 Å². The molecule has 0 aliphatic carbocycles. The molecule has 0 aromatic heterocycles. The van der Waals surface area contributed by atoms with Crippen molar-refractivity contribution in [1.82, 2.24) is 9.80 Å². The fourth-order valence-corrected chi connectivity index (χ4v) is 4.03. The van der Waals surface area contributed by atoms with Gasteiger partial charge in [-0.2, -0.15) is 0 Å². The van der Waals surface area contributed by atoms with Crippen molar-refractivity contribution in [3.63, 3.8) is 0 Å². The first-order chi connectivity index (χ1) is 11.9. The van der Waals surface area contributed by atoms with Crippen LogP contribution in [0.1, 0.15) is 31.7 Å². The predicted molar refractivity (Wildman–Crippen MR) is 99.6 cm³/mol. The summed E-state index contributed by atoms with van der Waals surface area (Å²) in [5.41, 5.74) is 2.31. The maximum absolute atomic E-state index is 12.6. The lowest BCUT2D eigenvalue weighted by Crippen LogP contribution is -2.44. The van der Waals surface area contributed by atoms with E-state index in [1.54, 1.807) is 0 Å². The molecule has 0 unspecified atom stereocenters. The van der Waals surface area contributed by atoms with Crippen molar-refractivity contribution < 1.29 is 9.59 Å². The third-order valence-corrected chi connectivity index (χ3v) is 5.77. The lowest BCUT2D eigenvalue weighted by molar-refractivity contribution is -0.132. The van der Waals surface area contributed by atoms with Crippen LogP contribution in [0.4, 0.5) is 5.69 Å². The van der Waals surface area contributed by atoms with Crippen LogP contribution >= 0.6 is 0 Å². The highest BCUT2D eigenvalue weighted by molar-refractivity contribution is 5.80. The van der Waals surface area contributed by atoms with E-state index in [0.29, 0.717) is 12.8 Å². The van der Waals surface area contributed by atoms with Gasteiger partial charge in [-0.25, -0.2) is 0 Å². The zero-order valence-corrected chi connectivity index (χ0v) is 15.6. The second-order valence-corrected chi connectivity index (χ2v) is 7.70. The number of nitrogens with zero attached hydrogens (tertiary/aromatic N) is 3. The van der Waals surface area contributed by atoms with E-state index in [1.165, 1.54) is 0 Å². The summed E-state index contributed by atoms with van der Waals surface area (Å²) in [6.45, 7) is 5.26. The van der Waals surface area contributed by atoms with Gasteiger partial charge in [-0.1, -0.05) is 12.1 Å². The van der Waals surface area contributed by atoms with E-state index in [1.807, 2.05) is 43.0 Å². The smallest absolute Gasteiger partial charge is 0.226 e. The Labute approximate surface area is 150 Å². The monoisotopic (exact) mass is 343 g/mol. The van der Waals surface area contributed by atoms with Crippen LogP contribution < -0.4 is 4.90 Å². The molecule has 1 aromatic carbocycles. The number of anilines is 1. The molecule has 25 heavy (non-hydrogen) atoms. The molecular formula is C20H29N3O2. The van der Waals surface area contributed by atoms with Crippen molar-refractivity contribution in [2.24, 2.45) is 5.41 Å². The number of piperidine rings is 1. The molecule has 0 atom stereocenters. The first-order valence-electron chi connectivity index (χ1n) is 9.24. The SMILES string of the molecule is CCN1CC2(CCN(C(=O)Cc3ccc(N(C)C)cc3)CC2)CC1=O. The summed E-state index contributed by atoms with van der Waals surface area (Å²) in [7, 11) is 4.02. The molecule has 2 aliphatic rings. The van der Waals surface area contributed by atoms with Gasteiger partial charge in [0.15, 0.2) is 0 Å². The van der Waals surface area contributed by atoms with Crippen molar-refractivity contribution in [3.8, 4) is 0 Å². The van der Waals surface area contributed by atoms with Crippen LogP contribution in [0, 0.1) is 5.41 Å². The minimum Gasteiger partial charge on any atom is -0.378 e. The molecule has 2 amide bonds. The first kappa shape index (κ1) is 17.8. The molecule has 0 bridgehead atoms. The number of amides is 2. The molecule has 136 valence electrons. The van der Waals surface area contributed by atoms with Crippen LogP contribution in [-0.2, 0) is 16.0 Å². The highest BCUT2D eigenvalue weighted by atomic mass is 16.2. The summed E-state index contributed by atoms with van der Waals surface area (Å²) in [6.07, 6.45) is 3.01. The van der Waals surface area contributed by atoms with E-state index in [2.05, 4.69) is 17.0 Å². The molecule has 0 saturated carbocycles. The van der Waals surface area contributed by atoms with E-state index in [4.69, 9.17) is 0 Å². The van der Waals surface area contributed by atoms with E-state index in [-0.39, 0.29) is 17.2 Å². The third kappa shape index (κ3) is 3.80. The zero-order chi connectivity index (χ0) is 18.0. The first-order valence-corrected chi connectivity index (χ1v) is 9.24. The van der Waals surface area contributed by atoms with Crippen LogP contribution in [0.25, 0.3) is 0 Å². The van der Waals surface area contributed by atoms with E-state index >= 15 is 0 Å². The van der Waals surface area contributed by atoms with Gasteiger partial charge in [0.05, 0.1) is 6.42 Å². The molecule has 2 aliphatic heterocycles. The molecule has 2 saturated heterocycles. The summed E-state index contributed by atoms with van der Waals surface area (Å²) in [6, 6.07) is 8.18. The largest absolute Gasteiger partial charge is 0.378 e. The van der Waals surface area contributed by atoms with Gasteiger partial charge < -0.3 is 14.7 Å². The third-order valence-electron chi connectivity index (χ3n) is 5.77. The quantitative estimate of drug-likeness (QED) is 0.841. The Hall–Kier alpha value is -2.04. The number of carbonyl (C=O) groups is 2. The van der Waals surface area contributed by atoms with Crippen molar-refractivity contribution >= 4 is 17.5 Å². The molecule has 1 spiro atoms. The maximum Gasteiger partial charge on any atom is 0.226 e. The molecule has 3 rings (SSSR count). The maximum atomic E-state index is 12.6. The van der Waals surface area contributed by atoms with Gasteiger partial charge >= 0.3 is 0 Å². The average Bonchev–Trinajstić information content (AvgIpc) is 2.91. The van der Waals surface area contributed by atoms with Crippen molar-refractivity contribution in [1.29, 1.82) is 0 Å². The van der Waals surface area contributed by atoms with Crippen LogP contribution in [0.2, 0.25) is 0 Å². The summed E-state index contributed by atoms with van der Waals surface area (Å²) >= 11 is 0. The Morgan fingerprint density at radius 2 is 1.80 bits per heavy atom. The molecule has 5 heteroatoms. The van der Waals surface area contributed by atoms with Gasteiger partial charge in [0.25, 0.3) is 0 Å². The van der Waals surface area contributed by atoms with Gasteiger partial charge in [-0.15, -0.1) is 0 Å². The van der Waals surface area contributed by atoms with Crippen LogP contribution in [-0.4, -0.2) is 61.9 Å². The molecule has 0 N–H and O–H groups in total. The standard InChI is InChI=1S/C20H29N3O2/c1-4-22-15-20(14-19(22)25)9-11-23(12-10-20)18(24)13-16-5-7-17(8-6-16)21(2)3/h5-8H,4,9-15H2,1-3H3. The Morgan fingerprint density at radius 3 is 2.32 bits per heavy atom. The number of hydrogen-bond acceptors (Lipinski definition) is 3. The molecule has 1 aromatic rings. The van der Waals surface area contributed by atoms with E-state index < -0.39 is 0 Å². The Kier molecular flexibility index (Phi) is 5.02.